The topological polar surface area (TPSA) is 45.0 Å². The summed E-state index contributed by atoms with van der Waals surface area (Å²) in [7, 11) is 0. The molecule has 0 radical (unpaired) electrons. The SMILES string of the molecule is CC(C)(C)CCNCC1(C#N)COC1. The zero-order valence-electron chi connectivity index (χ0n) is 9.39. The van der Waals surface area contributed by atoms with Crippen molar-refractivity contribution < 1.29 is 4.74 Å². The number of nitrogens with one attached hydrogen (secondary N) is 1. The standard InChI is InChI=1S/C11H20N2O/c1-10(2,3)4-5-13-7-11(6-12)8-14-9-11/h13H,4-5,7-9H2,1-3H3. The van der Waals surface area contributed by atoms with Crippen LogP contribution in [-0.4, -0.2) is 26.3 Å². The average molecular weight is 196 g/mol. The third-order valence-electron chi connectivity index (χ3n) is 2.51. The molecule has 1 rings (SSSR count). The number of ether oxygens (including phenoxy) is 1. The summed E-state index contributed by atoms with van der Waals surface area (Å²) in [5.41, 5.74) is 0.126. The first-order valence-corrected chi connectivity index (χ1v) is 5.17. The van der Waals surface area contributed by atoms with Crippen LogP contribution in [0.2, 0.25) is 0 Å². The van der Waals surface area contributed by atoms with Crippen LogP contribution in [0.25, 0.3) is 0 Å². The van der Waals surface area contributed by atoms with Gasteiger partial charge in [0.2, 0.25) is 0 Å². The predicted octanol–water partition coefficient (Wildman–Crippen LogP) is 1.55. The maximum Gasteiger partial charge on any atom is 0.116 e. The van der Waals surface area contributed by atoms with Crippen molar-refractivity contribution in [3.8, 4) is 6.07 Å². The minimum Gasteiger partial charge on any atom is -0.378 e. The van der Waals surface area contributed by atoms with Crippen LogP contribution in [-0.2, 0) is 4.74 Å². The van der Waals surface area contributed by atoms with Crippen LogP contribution in [0.5, 0.6) is 0 Å². The second kappa shape index (κ2) is 4.29. The summed E-state index contributed by atoms with van der Waals surface area (Å²) in [6.45, 7) is 9.59. The fourth-order valence-electron chi connectivity index (χ4n) is 1.35. The molecule has 0 saturated carbocycles. The Hall–Kier alpha value is -0.590. The van der Waals surface area contributed by atoms with Crippen LogP contribution in [0.4, 0.5) is 0 Å². The van der Waals surface area contributed by atoms with Gasteiger partial charge in [-0.3, -0.25) is 0 Å². The van der Waals surface area contributed by atoms with Gasteiger partial charge in [-0.05, 0) is 18.4 Å². The lowest BCUT2D eigenvalue weighted by Gasteiger charge is -2.35. The summed E-state index contributed by atoms with van der Waals surface area (Å²) >= 11 is 0. The molecule has 0 aromatic rings. The first-order chi connectivity index (χ1) is 6.47. The molecule has 1 heterocycles. The molecule has 0 spiro atoms. The quantitative estimate of drug-likeness (QED) is 0.694. The second-order valence-electron chi connectivity index (χ2n) is 5.37. The number of hydrogen-bond acceptors (Lipinski definition) is 3. The molecule has 0 aliphatic carbocycles. The van der Waals surface area contributed by atoms with E-state index in [1.54, 1.807) is 0 Å². The van der Waals surface area contributed by atoms with Gasteiger partial charge in [-0.1, -0.05) is 20.8 Å². The Morgan fingerprint density at radius 1 is 1.43 bits per heavy atom. The second-order valence-corrected chi connectivity index (χ2v) is 5.37. The van der Waals surface area contributed by atoms with Gasteiger partial charge in [-0.15, -0.1) is 0 Å². The third-order valence-corrected chi connectivity index (χ3v) is 2.51. The zero-order valence-corrected chi connectivity index (χ0v) is 9.39. The lowest BCUT2D eigenvalue weighted by molar-refractivity contribution is -0.0754. The number of rotatable bonds is 4. The van der Waals surface area contributed by atoms with Crippen molar-refractivity contribution in [3.05, 3.63) is 0 Å². The molecule has 0 aromatic heterocycles. The molecule has 0 unspecified atom stereocenters. The molecule has 1 N–H and O–H groups in total. The highest BCUT2D eigenvalue weighted by Gasteiger charge is 2.38. The van der Waals surface area contributed by atoms with Crippen LogP contribution in [0.1, 0.15) is 27.2 Å². The Balaban J connectivity index is 2.13. The smallest absolute Gasteiger partial charge is 0.116 e. The molecule has 3 nitrogen and oxygen atoms in total. The van der Waals surface area contributed by atoms with Gasteiger partial charge in [0.25, 0.3) is 0 Å². The van der Waals surface area contributed by atoms with Gasteiger partial charge in [0.05, 0.1) is 19.3 Å². The van der Waals surface area contributed by atoms with Crippen molar-refractivity contribution in [2.75, 3.05) is 26.3 Å². The van der Waals surface area contributed by atoms with E-state index in [0.717, 1.165) is 19.5 Å². The highest BCUT2D eigenvalue weighted by Crippen LogP contribution is 2.25. The van der Waals surface area contributed by atoms with Crippen molar-refractivity contribution in [2.24, 2.45) is 10.8 Å². The van der Waals surface area contributed by atoms with E-state index < -0.39 is 0 Å². The van der Waals surface area contributed by atoms with Gasteiger partial charge in [-0.25, -0.2) is 0 Å². The van der Waals surface area contributed by atoms with Crippen LogP contribution >= 0.6 is 0 Å². The van der Waals surface area contributed by atoms with Crippen molar-refractivity contribution in [2.45, 2.75) is 27.2 Å². The molecule has 1 saturated heterocycles. The fraction of sp³-hybridized carbons (Fsp3) is 0.909. The summed E-state index contributed by atoms with van der Waals surface area (Å²) in [5, 5.41) is 12.3. The van der Waals surface area contributed by atoms with E-state index in [2.05, 4.69) is 32.2 Å². The van der Waals surface area contributed by atoms with Gasteiger partial charge >= 0.3 is 0 Å². The Labute approximate surface area is 86.4 Å². The molecule has 0 atom stereocenters. The minimum absolute atomic E-state index is 0.238. The lowest BCUT2D eigenvalue weighted by atomic mass is 9.87. The van der Waals surface area contributed by atoms with Gasteiger partial charge in [-0.2, -0.15) is 5.26 Å². The third kappa shape index (κ3) is 3.28. The Morgan fingerprint density at radius 3 is 2.43 bits per heavy atom. The van der Waals surface area contributed by atoms with Crippen LogP contribution < -0.4 is 5.32 Å². The Kier molecular flexibility index (Phi) is 3.52. The van der Waals surface area contributed by atoms with E-state index in [1.807, 2.05) is 0 Å². The van der Waals surface area contributed by atoms with Crippen LogP contribution in [0.15, 0.2) is 0 Å². The van der Waals surface area contributed by atoms with E-state index in [1.165, 1.54) is 0 Å². The van der Waals surface area contributed by atoms with Gasteiger partial charge in [0, 0.05) is 6.54 Å². The number of nitriles is 1. The summed E-state index contributed by atoms with van der Waals surface area (Å²) < 4.78 is 5.06. The highest BCUT2D eigenvalue weighted by atomic mass is 16.5. The Morgan fingerprint density at radius 2 is 2.07 bits per heavy atom. The molecule has 1 fully saturated rings. The first kappa shape index (κ1) is 11.5. The predicted molar refractivity (Wildman–Crippen MR) is 55.8 cm³/mol. The van der Waals surface area contributed by atoms with E-state index in [-0.39, 0.29) is 5.41 Å². The van der Waals surface area contributed by atoms with Crippen molar-refractivity contribution >= 4 is 0 Å². The summed E-state index contributed by atoms with van der Waals surface area (Å²) in [5.74, 6) is 0. The maximum absolute atomic E-state index is 8.93. The first-order valence-electron chi connectivity index (χ1n) is 5.17. The summed E-state index contributed by atoms with van der Waals surface area (Å²) in [4.78, 5) is 0. The fourth-order valence-corrected chi connectivity index (χ4v) is 1.35. The lowest BCUT2D eigenvalue weighted by Crippen LogP contribution is -2.48. The molecular formula is C11H20N2O. The highest BCUT2D eigenvalue weighted by molar-refractivity contribution is 5.05. The molecule has 3 heteroatoms. The van der Waals surface area contributed by atoms with E-state index >= 15 is 0 Å². The van der Waals surface area contributed by atoms with Crippen LogP contribution in [0.3, 0.4) is 0 Å². The summed E-state index contributed by atoms with van der Waals surface area (Å²) in [6.07, 6.45) is 1.13. The normalized spacial score (nSPS) is 19.9. The number of nitrogens with zero attached hydrogens (tertiary/aromatic N) is 1. The molecule has 0 aromatic carbocycles. The summed E-state index contributed by atoms with van der Waals surface area (Å²) in [6, 6.07) is 2.33. The van der Waals surface area contributed by atoms with E-state index in [0.29, 0.717) is 18.6 Å². The monoisotopic (exact) mass is 196 g/mol. The average Bonchev–Trinajstić information content (AvgIpc) is 2.00. The van der Waals surface area contributed by atoms with Crippen molar-refractivity contribution in [1.82, 2.24) is 5.32 Å². The molecule has 80 valence electrons. The van der Waals surface area contributed by atoms with Crippen molar-refractivity contribution in [3.63, 3.8) is 0 Å². The zero-order chi connectivity index (χ0) is 10.7. The minimum atomic E-state index is -0.238. The van der Waals surface area contributed by atoms with Crippen molar-refractivity contribution in [1.29, 1.82) is 5.26 Å². The molecular weight excluding hydrogens is 176 g/mol. The molecule has 14 heavy (non-hydrogen) atoms. The van der Waals surface area contributed by atoms with Gasteiger partial charge in [0.1, 0.15) is 5.41 Å². The van der Waals surface area contributed by atoms with Crippen LogP contribution in [0, 0.1) is 22.2 Å². The maximum atomic E-state index is 8.93. The van der Waals surface area contributed by atoms with E-state index in [9.17, 15) is 0 Å². The molecule has 0 bridgehead atoms. The molecule has 0 amide bonds. The van der Waals surface area contributed by atoms with E-state index in [4.69, 9.17) is 10.00 Å². The largest absolute Gasteiger partial charge is 0.378 e. The van der Waals surface area contributed by atoms with Gasteiger partial charge < -0.3 is 10.1 Å². The number of hydrogen-bond donors (Lipinski definition) is 1. The molecule has 1 aliphatic heterocycles. The molecule has 1 aliphatic rings. The Bertz CT molecular complexity index is 220. The van der Waals surface area contributed by atoms with Gasteiger partial charge in [0.15, 0.2) is 0 Å².